The number of hydrogen-bond acceptors (Lipinski definition) is 4. The van der Waals surface area contributed by atoms with E-state index in [1.54, 1.807) is 0 Å². The molecule has 0 bridgehead atoms. The van der Waals surface area contributed by atoms with Gasteiger partial charge in [-0.3, -0.25) is 4.79 Å². The molecule has 0 spiro atoms. The first kappa shape index (κ1) is 17.0. The summed E-state index contributed by atoms with van der Waals surface area (Å²) in [5, 5.41) is 9.31. The van der Waals surface area contributed by atoms with Crippen molar-refractivity contribution in [2.75, 3.05) is 18.0 Å². The normalized spacial score (nSPS) is 25.1. The van der Waals surface area contributed by atoms with Gasteiger partial charge in [-0.15, -0.1) is 0 Å². The minimum Gasteiger partial charge on any atom is -0.477 e. The number of anilines is 1. The number of fused-ring (bicyclic) bond motifs is 1. The molecule has 1 aromatic heterocycles. The third kappa shape index (κ3) is 2.47. The molecule has 1 aliphatic heterocycles. The van der Waals surface area contributed by atoms with E-state index < -0.39 is 35.0 Å². The summed E-state index contributed by atoms with van der Waals surface area (Å²) in [5.74, 6) is -1.97. The van der Waals surface area contributed by atoms with Crippen molar-refractivity contribution in [2.45, 2.75) is 38.0 Å². The quantitative estimate of drug-likeness (QED) is 0.870. The SMILES string of the molecule is Cc1c(F)c(N2CCC(N)C2)cc2c1c(=O)c(C(=O)O)cn2[C@@H]1C[C@@H]1F. The predicted molar refractivity (Wildman–Crippen MR) is 93.2 cm³/mol. The van der Waals surface area contributed by atoms with Crippen LogP contribution in [0, 0.1) is 12.7 Å². The van der Waals surface area contributed by atoms with Crippen LogP contribution in [-0.4, -0.2) is 40.9 Å². The molecule has 4 rings (SSSR count). The summed E-state index contributed by atoms with van der Waals surface area (Å²) >= 11 is 0. The zero-order chi connectivity index (χ0) is 18.7. The lowest BCUT2D eigenvalue weighted by Crippen LogP contribution is -2.27. The number of benzene rings is 1. The summed E-state index contributed by atoms with van der Waals surface area (Å²) in [5.41, 5.74) is 5.44. The van der Waals surface area contributed by atoms with Gasteiger partial charge in [0, 0.05) is 37.3 Å². The topological polar surface area (TPSA) is 88.6 Å². The van der Waals surface area contributed by atoms with Crippen molar-refractivity contribution in [3.63, 3.8) is 0 Å². The molecule has 1 aliphatic carbocycles. The second-order valence-corrected chi connectivity index (χ2v) is 7.13. The molecule has 1 saturated heterocycles. The van der Waals surface area contributed by atoms with Gasteiger partial charge in [0.15, 0.2) is 0 Å². The summed E-state index contributed by atoms with van der Waals surface area (Å²) < 4.78 is 30.2. The number of nitrogens with zero attached hydrogens (tertiary/aromatic N) is 2. The Morgan fingerprint density at radius 3 is 2.65 bits per heavy atom. The molecule has 0 amide bonds. The highest BCUT2D eigenvalue weighted by Crippen LogP contribution is 2.42. The van der Waals surface area contributed by atoms with Crippen molar-refractivity contribution in [1.29, 1.82) is 0 Å². The molecule has 138 valence electrons. The third-order valence-corrected chi connectivity index (χ3v) is 5.31. The molecule has 0 radical (unpaired) electrons. The van der Waals surface area contributed by atoms with Crippen LogP contribution in [-0.2, 0) is 0 Å². The van der Waals surface area contributed by atoms with Gasteiger partial charge in [-0.2, -0.15) is 0 Å². The maximum Gasteiger partial charge on any atom is 0.341 e. The fraction of sp³-hybridized carbons (Fsp3) is 0.444. The number of carboxylic acids is 1. The molecule has 2 aliphatic rings. The molecule has 2 fully saturated rings. The molecular weight excluding hydrogens is 344 g/mol. The van der Waals surface area contributed by atoms with E-state index in [1.165, 1.54) is 23.8 Å². The number of aromatic nitrogens is 1. The lowest BCUT2D eigenvalue weighted by atomic mass is 10.0. The molecule has 3 N–H and O–H groups in total. The summed E-state index contributed by atoms with van der Waals surface area (Å²) in [4.78, 5) is 25.9. The van der Waals surface area contributed by atoms with Crippen LogP contribution in [0.15, 0.2) is 17.1 Å². The number of halogens is 2. The molecule has 3 atom stereocenters. The summed E-state index contributed by atoms with van der Waals surface area (Å²) in [7, 11) is 0. The number of alkyl halides is 1. The highest BCUT2D eigenvalue weighted by atomic mass is 19.1. The van der Waals surface area contributed by atoms with E-state index in [4.69, 9.17) is 5.73 Å². The van der Waals surface area contributed by atoms with E-state index in [9.17, 15) is 23.5 Å². The van der Waals surface area contributed by atoms with Crippen molar-refractivity contribution in [3.05, 3.63) is 39.4 Å². The standard InChI is InChI=1S/C18H19F2N3O3/c1-8-15-13(5-14(16(8)20)22-3-2-9(21)6-22)23(12-4-11(12)19)7-10(17(15)24)18(25)26/h5,7,9,11-12H,2-4,6,21H2,1H3,(H,25,26)/t9?,11-,12+/m0/s1. The Bertz CT molecular complexity index is 988. The maximum atomic E-state index is 15.0. The average Bonchev–Trinajstić information content (AvgIpc) is 3.14. The first-order valence-corrected chi connectivity index (χ1v) is 8.55. The van der Waals surface area contributed by atoms with Crippen LogP contribution in [0.3, 0.4) is 0 Å². The average molecular weight is 363 g/mol. The van der Waals surface area contributed by atoms with Crippen LogP contribution in [0.1, 0.15) is 34.8 Å². The molecule has 26 heavy (non-hydrogen) atoms. The number of aromatic carboxylic acids is 1. The maximum absolute atomic E-state index is 15.0. The molecule has 2 heterocycles. The van der Waals surface area contributed by atoms with Gasteiger partial charge in [-0.1, -0.05) is 0 Å². The highest BCUT2D eigenvalue weighted by Gasteiger charge is 2.40. The lowest BCUT2D eigenvalue weighted by Gasteiger charge is -2.22. The minimum atomic E-state index is -1.41. The van der Waals surface area contributed by atoms with Gasteiger partial charge >= 0.3 is 5.97 Å². The van der Waals surface area contributed by atoms with Gasteiger partial charge in [-0.25, -0.2) is 13.6 Å². The molecule has 1 aromatic carbocycles. The summed E-state index contributed by atoms with van der Waals surface area (Å²) in [6, 6.07) is 0.934. The van der Waals surface area contributed by atoms with Crippen molar-refractivity contribution in [2.24, 2.45) is 5.73 Å². The van der Waals surface area contributed by atoms with Gasteiger partial charge in [0.1, 0.15) is 17.6 Å². The Morgan fingerprint density at radius 1 is 1.42 bits per heavy atom. The van der Waals surface area contributed by atoms with E-state index in [-0.39, 0.29) is 23.4 Å². The van der Waals surface area contributed by atoms with E-state index in [1.807, 2.05) is 4.90 Å². The van der Waals surface area contributed by atoms with Gasteiger partial charge in [0.25, 0.3) is 0 Å². The Hall–Kier alpha value is -2.48. The fourth-order valence-corrected chi connectivity index (χ4v) is 3.75. The van der Waals surface area contributed by atoms with E-state index in [0.29, 0.717) is 24.3 Å². The number of pyridine rings is 1. The van der Waals surface area contributed by atoms with Crippen LogP contribution in [0.5, 0.6) is 0 Å². The number of carboxylic acid groups (broad SMARTS) is 1. The zero-order valence-electron chi connectivity index (χ0n) is 14.2. The highest BCUT2D eigenvalue weighted by molar-refractivity contribution is 5.95. The second kappa shape index (κ2) is 5.77. The molecular formula is C18H19F2N3O3. The van der Waals surface area contributed by atoms with Crippen LogP contribution >= 0.6 is 0 Å². The smallest absolute Gasteiger partial charge is 0.341 e. The molecule has 6 nitrogen and oxygen atoms in total. The fourth-order valence-electron chi connectivity index (χ4n) is 3.75. The van der Waals surface area contributed by atoms with E-state index in [2.05, 4.69) is 0 Å². The molecule has 1 saturated carbocycles. The van der Waals surface area contributed by atoms with Gasteiger partial charge in [0.2, 0.25) is 5.43 Å². The van der Waals surface area contributed by atoms with Crippen LogP contribution in [0.25, 0.3) is 10.9 Å². The number of carbonyl (C=O) groups is 1. The monoisotopic (exact) mass is 363 g/mol. The number of aryl methyl sites for hydroxylation is 1. The van der Waals surface area contributed by atoms with E-state index in [0.717, 1.165) is 6.42 Å². The summed E-state index contributed by atoms with van der Waals surface area (Å²) in [6.45, 7) is 2.54. The van der Waals surface area contributed by atoms with Gasteiger partial charge in [-0.05, 0) is 19.4 Å². The van der Waals surface area contributed by atoms with Crippen LogP contribution < -0.4 is 16.1 Å². The molecule has 2 aromatic rings. The van der Waals surface area contributed by atoms with Crippen LogP contribution in [0.2, 0.25) is 0 Å². The predicted octanol–water partition coefficient (Wildman–Crippen LogP) is 1.97. The number of hydrogen-bond donors (Lipinski definition) is 2. The van der Waals surface area contributed by atoms with Crippen LogP contribution in [0.4, 0.5) is 14.5 Å². The van der Waals surface area contributed by atoms with E-state index >= 15 is 0 Å². The Labute approximate surface area is 147 Å². The zero-order valence-corrected chi connectivity index (χ0v) is 14.2. The van der Waals surface area contributed by atoms with Crippen molar-refractivity contribution < 1.29 is 18.7 Å². The Kier molecular flexibility index (Phi) is 3.76. The molecule has 1 unspecified atom stereocenters. The van der Waals surface area contributed by atoms with Crippen molar-refractivity contribution in [1.82, 2.24) is 4.57 Å². The number of rotatable bonds is 3. The second-order valence-electron chi connectivity index (χ2n) is 7.13. The molecule has 8 heteroatoms. The Morgan fingerprint density at radius 2 is 2.12 bits per heavy atom. The van der Waals surface area contributed by atoms with Gasteiger partial charge < -0.3 is 20.3 Å². The first-order valence-electron chi connectivity index (χ1n) is 8.55. The lowest BCUT2D eigenvalue weighted by molar-refractivity contribution is 0.0694. The first-order chi connectivity index (χ1) is 12.3. The number of nitrogens with two attached hydrogens (primary N) is 1. The van der Waals surface area contributed by atoms with Crippen molar-refractivity contribution >= 4 is 22.6 Å². The minimum absolute atomic E-state index is 0.00579. The van der Waals surface area contributed by atoms with Gasteiger partial charge in [0.05, 0.1) is 22.6 Å². The Balaban J connectivity index is 2.02. The third-order valence-electron chi connectivity index (χ3n) is 5.31. The van der Waals surface area contributed by atoms with Crippen molar-refractivity contribution in [3.8, 4) is 0 Å². The summed E-state index contributed by atoms with van der Waals surface area (Å²) in [6.07, 6.45) is 1.05. The largest absolute Gasteiger partial charge is 0.477 e.